The van der Waals surface area contributed by atoms with E-state index in [0.717, 1.165) is 11.1 Å². The second-order valence-corrected chi connectivity index (χ2v) is 5.85. The molecule has 3 rings (SSSR count). The van der Waals surface area contributed by atoms with Gasteiger partial charge < -0.3 is 14.8 Å². The molecule has 2 aromatic rings. The fourth-order valence-electron chi connectivity index (χ4n) is 2.35. The number of hydrogen-bond acceptors (Lipinski definition) is 5. The van der Waals surface area contributed by atoms with E-state index in [4.69, 9.17) is 9.47 Å². The summed E-state index contributed by atoms with van der Waals surface area (Å²) in [5.74, 6) is 0.323. The molecule has 134 valence electrons. The Hall–Kier alpha value is -3.35. The Morgan fingerprint density at radius 2 is 1.73 bits per heavy atom. The van der Waals surface area contributed by atoms with E-state index < -0.39 is 5.91 Å². The largest absolute Gasteiger partial charge is 0.454 e. The Bertz CT molecular complexity index is 860. The number of nitrogens with zero attached hydrogens (tertiary/aromatic N) is 1. The predicted octanol–water partition coefficient (Wildman–Crippen LogP) is 1.99. The van der Waals surface area contributed by atoms with Crippen molar-refractivity contribution in [3.8, 4) is 11.5 Å². The van der Waals surface area contributed by atoms with Crippen LogP contribution in [-0.2, 0) is 4.79 Å². The molecule has 1 heterocycles. The van der Waals surface area contributed by atoms with Crippen molar-refractivity contribution in [2.45, 2.75) is 13.8 Å². The van der Waals surface area contributed by atoms with Gasteiger partial charge in [-0.3, -0.25) is 9.59 Å². The van der Waals surface area contributed by atoms with Crippen molar-refractivity contribution in [2.24, 2.45) is 5.10 Å². The first kappa shape index (κ1) is 17.5. The van der Waals surface area contributed by atoms with E-state index in [9.17, 15) is 9.59 Å². The fraction of sp³-hybridized carbons (Fsp3) is 0.211. The first-order valence-corrected chi connectivity index (χ1v) is 8.11. The van der Waals surface area contributed by atoms with Gasteiger partial charge in [-0.1, -0.05) is 29.8 Å². The summed E-state index contributed by atoms with van der Waals surface area (Å²) in [4.78, 5) is 24.0. The third-order valence-corrected chi connectivity index (χ3v) is 3.86. The molecule has 2 N–H and O–H groups in total. The van der Waals surface area contributed by atoms with E-state index in [2.05, 4.69) is 15.8 Å². The zero-order valence-corrected chi connectivity index (χ0v) is 14.5. The van der Waals surface area contributed by atoms with Gasteiger partial charge in [-0.2, -0.15) is 5.10 Å². The third kappa shape index (κ3) is 4.18. The zero-order chi connectivity index (χ0) is 18.5. The molecule has 0 atom stereocenters. The average molecular weight is 353 g/mol. The normalized spacial score (nSPS) is 12.6. The van der Waals surface area contributed by atoms with Gasteiger partial charge in [-0.15, -0.1) is 0 Å². The second kappa shape index (κ2) is 7.69. The van der Waals surface area contributed by atoms with E-state index in [1.807, 2.05) is 31.2 Å². The van der Waals surface area contributed by atoms with Crippen molar-refractivity contribution in [3.63, 3.8) is 0 Å². The number of rotatable bonds is 5. The Morgan fingerprint density at radius 1 is 1.04 bits per heavy atom. The minimum Gasteiger partial charge on any atom is -0.454 e. The number of aryl methyl sites for hydroxylation is 1. The molecule has 26 heavy (non-hydrogen) atoms. The number of carbonyl (C=O) groups excluding carboxylic acids is 2. The highest BCUT2D eigenvalue weighted by Crippen LogP contribution is 2.32. The highest BCUT2D eigenvalue weighted by atomic mass is 16.7. The Morgan fingerprint density at radius 3 is 2.50 bits per heavy atom. The summed E-state index contributed by atoms with van der Waals surface area (Å²) < 4.78 is 10.4. The van der Waals surface area contributed by atoms with Gasteiger partial charge in [0, 0.05) is 5.56 Å². The molecule has 0 radical (unpaired) electrons. The molecule has 7 nitrogen and oxygen atoms in total. The fourth-order valence-corrected chi connectivity index (χ4v) is 2.35. The topological polar surface area (TPSA) is 89.0 Å². The van der Waals surface area contributed by atoms with Crippen molar-refractivity contribution < 1.29 is 19.1 Å². The summed E-state index contributed by atoms with van der Waals surface area (Å²) in [5, 5.41) is 6.60. The van der Waals surface area contributed by atoms with Crippen LogP contribution < -0.4 is 20.2 Å². The first-order chi connectivity index (χ1) is 12.5. The summed E-state index contributed by atoms with van der Waals surface area (Å²) in [6.45, 7) is 3.76. The molecular weight excluding hydrogens is 334 g/mol. The lowest BCUT2D eigenvalue weighted by molar-refractivity contribution is -0.120. The van der Waals surface area contributed by atoms with Crippen LogP contribution in [0.4, 0.5) is 0 Å². The predicted molar refractivity (Wildman–Crippen MR) is 96.4 cm³/mol. The van der Waals surface area contributed by atoms with Gasteiger partial charge in [0.2, 0.25) is 6.79 Å². The molecule has 1 aliphatic rings. The lowest BCUT2D eigenvalue weighted by Gasteiger charge is -2.06. The van der Waals surface area contributed by atoms with Crippen LogP contribution in [0, 0.1) is 6.92 Å². The van der Waals surface area contributed by atoms with Crippen LogP contribution in [-0.4, -0.2) is 30.9 Å². The molecule has 2 aromatic carbocycles. The molecular formula is C19H19N3O4. The molecule has 0 bridgehead atoms. The van der Waals surface area contributed by atoms with E-state index in [0.29, 0.717) is 22.8 Å². The minimum atomic E-state index is -0.412. The maximum Gasteiger partial charge on any atom is 0.259 e. The summed E-state index contributed by atoms with van der Waals surface area (Å²) in [7, 11) is 0. The van der Waals surface area contributed by atoms with Crippen molar-refractivity contribution in [1.82, 2.24) is 10.7 Å². The maximum atomic E-state index is 12.1. The molecule has 1 aliphatic heterocycles. The smallest absolute Gasteiger partial charge is 0.259 e. The molecule has 0 aromatic heterocycles. The number of hydrogen-bond donors (Lipinski definition) is 2. The molecule has 0 spiro atoms. The Labute approximate surface area is 151 Å². The van der Waals surface area contributed by atoms with Gasteiger partial charge in [0.25, 0.3) is 11.8 Å². The van der Waals surface area contributed by atoms with Gasteiger partial charge in [-0.05, 0) is 37.6 Å². The van der Waals surface area contributed by atoms with E-state index >= 15 is 0 Å². The Balaban J connectivity index is 1.51. The van der Waals surface area contributed by atoms with Crippen LogP contribution in [0.3, 0.4) is 0 Å². The average Bonchev–Trinajstić information content (AvgIpc) is 3.12. The standard InChI is InChI=1S/C19H19N3O4/c1-12-3-5-14(6-4-12)13(2)21-22-18(23)10-20-19(24)15-7-8-16-17(9-15)26-11-25-16/h3-9H,10-11H2,1-2H3,(H,20,24)(H,22,23)/b21-13+. The lowest BCUT2D eigenvalue weighted by Crippen LogP contribution is -2.35. The number of ether oxygens (including phenoxy) is 2. The zero-order valence-electron chi connectivity index (χ0n) is 14.5. The summed E-state index contributed by atoms with van der Waals surface area (Å²) in [5.41, 5.74) is 5.57. The molecule has 0 fully saturated rings. The van der Waals surface area contributed by atoms with Gasteiger partial charge >= 0.3 is 0 Å². The van der Waals surface area contributed by atoms with Crippen molar-refractivity contribution in [1.29, 1.82) is 0 Å². The molecule has 0 saturated heterocycles. The lowest BCUT2D eigenvalue weighted by atomic mass is 10.1. The summed E-state index contributed by atoms with van der Waals surface area (Å²) >= 11 is 0. The maximum absolute atomic E-state index is 12.1. The van der Waals surface area contributed by atoms with Gasteiger partial charge in [0.05, 0.1) is 12.3 Å². The van der Waals surface area contributed by atoms with E-state index in [1.165, 1.54) is 0 Å². The minimum absolute atomic E-state index is 0.140. The van der Waals surface area contributed by atoms with E-state index in [1.54, 1.807) is 25.1 Å². The van der Waals surface area contributed by atoms with Crippen LogP contribution in [0.2, 0.25) is 0 Å². The van der Waals surface area contributed by atoms with Crippen molar-refractivity contribution in [3.05, 3.63) is 59.2 Å². The number of benzene rings is 2. The monoisotopic (exact) mass is 353 g/mol. The number of carbonyl (C=O) groups is 2. The molecule has 0 saturated carbocycles. The van der Waals surface area contributed by atoms with Crippen molar-refractivity contribution in [2.75, 3.05) is 13.3 Å². The number of amides is 2. The second-order valence-electron chi connectivity index (χ2n) is 5.85. The number of hydrazone groups is 1. The van der Waals surface area contributed by atoms with Gasteiger partial charge in [0.1, 0.15) is 0 Å². The molecule has 2 amide bonds. The highest BCUT2D eigenvalue weighted by Gasteiger charge is 2.16. The Kier molecular flexibility index (Phi) is 5.17. The van der Waals surface area contributed by atoms with Crippen LogP contribution in [0.25, 0.3) is 0 Å². The van der Waals surface area contributed by atoms with Crippen molar-refractivity contribution >= 4 is 17.5 Å². The molecule has 0 unspecified atom stereocenters. The van der Waals surface area contributed by atoms with Crippen LogP contribution in [0.15, 0.2) is 47.6 Å². The molecule has 7 heteroatoms. The van der Waals surface area contributed by atoms with Crippen LogP contribution >= 0.6 is 0 Å². The SMILES string of the molecule is C/C(=N\NC(=O)CNC(=O)c1ccc2c(c1)OCO2)c1ccc(C)cc1. The van der Waals surface area contributed by atoms with E-state index in [-0.39, 0.29) is 19.2 Å². The first-order valence-electron chi connectivity index (χ1n) is 8.11. The van der Waals surface area contributed by atoms with Gasteiger partial charge in [-0.25, -0.2) is 5.43 Å². The van der Waals surface area contributed by atoms with Gasteiger partial charge in [0.15, 0.2) is 11.5 Å². The molecule has 0 aliphatic carbocycles. The van der Waals surface area contributed by atoms with Crippen LogP contribution in [0.1, 0.15) is 28.4 Å². The third-order valence-electron chi connectivity index (χ3n) is 3.86. The number of nitrogens with one attached hydrogen (secondary N) is 2. The summed E-state index contributed by atoms with van der Waals surface area (Å²) in [6.07, 6.45) is 0. The highest BCUT2D eigenvalue weighted by molar-refractivity contribution is 6.00. The van der Waals surface area contributed by atoms with Crippen LogP contribution in [0.5, 0.6) is 11.5 Å². The summed E-state index contributed by atoms with van der Waals surface area (Å²) in [6, 6.07) is 12.7. The number of fused-ring (bicyclic) bond motifs is 1. The quantitative estimate of drug-likeness (QED) is 0.635.